The van der Waals surface area contributed by atoms with Gasteiger partial charge in [-0.25, -0.2) is 4.39 Å². The highest BCUT2D eigenvalue weighted by atomic mass is 19.1. The Bertz CT molecular complexity index is 582. The number of halogens is 1. The summed E-state index contributed by atoms with van der Waals surface area (Å²) in [6, 6.07) is 4.44. The summed E-state index contributed by atoms with van der Waals surface area (Å²) in [7, 11) is 0. The van der Waals surface area contributed by atoms with Gasteiger partial charge in [0.25, 0.3) is 0 Å². The minimum absolute atomic E-state index is 0.0602. The van der Waals surface area contributed by atoms with Gasteiger partial charge in [-0.2, -0.15) is 4.98 Å². The molecule has 0 unspecified atom stereocenters. The third-order valence-corrected chi connectivity index (χ3v) is 2.82. The molecule has 0 fully saturated rings. The molecule has 1 aromatic heterocycles. The van der Waals surface area contributed by atoms with E-state index >= 15 is 0 Å². The number of ether oxygens (including phenoxy) is 1. The molecule has 0 aliphatic carbocycles. The van der Waals surface area contributed by atoms with E-state index in [0.29, 0.717) is 11.7 Å². The van der Waals surface area contributed by atoms with Crippen molar-refractivity contribution in [3.63, 3.8) is 0 Å². The second kappa shape index (κ2) is 6.00. The van der Waals surface area contributed by atoms with Crippen LogP contribution in [-0.2, 0) is 6.61 Å². The van der Waals surface area contributed by atoms with Gasteiger partial charge < -0.3 is 15.0 Å². The first-order valence-electron chi connectivity index (χ1n) is 6.47. The van der Waals surface area contributed by atoms with Crippen LogP contribution >= 0.6 is 0 Å². The van der Waals surface area contributed by atoms with Crippen LogP contribution in [0.3, 0.4) is 0 Å². The van der Waals surface area contributed by atoms with Gasteiger partial charge in [-0.15, -0.1) is 0 Å². The molecule has 0 bridgehead atoms. The van der Waals surface area contributed by atoms with Crippen molar-refractivity contribution < 1.29 is 13.7 Å². The highest BCUT2D eigenvalue weighted by Gasteiger charge is 2.12. The Hall–Kier alpha value is -1.95. The van der Waals surface area contributed by atoms with Gasteiger partial charge in [0.2, 0.25) is 11.7 Å². The molecular formula is C14H18FN3O2. The van der Waals surface area contributed by atoms with Gasteiger partial charge >= 0.3 is 0 Å². The van der Waals surface area contributed by atoms with Crippen molar-refractivity contribution in [2.75, 3.05) is 0 Å². The molecule has 20 heavy (non-hydrogen) atoms. The monoisotopic (exact) mass is 279 g/mol. The average molecular weight is 279 g/mol. The Morgan fingerprint density at radius 3 is 2.65 bits per heavy atom. The van der Waals surface area contributed by atoms with E-state index in [0.717, 1.165) is 5.56 Å². The van der Waals surface area contributed by atoms with Gasteiger partial charge in [0.1, 0.15) is 0 Å². The summed E-state index contributed by atoms with van der Waals surface area (Å²) < 4.78 is 24.2. The Morgan fingerprint density at radius 2 is 2.10 bits per heavy atom. The third kappa shape index (κ3) is 3.33. The molecule has 0 radical (unpaired) electrons. The lowest BCUT2D eigenvalue weighted by Gasteiger charge is -2.09. The zero-order chi connectivity index (χ0) is 14.7. The molecule has 0 aliphatic heterocycles. The van der Waals surface area contributed by atoms with Gasteiger partial charge in [0, 0.05) is 12.0 Å². The molecule has 0 saturated carbocycles. The molecule has 2 rings (SSSR count). The van der Waals surface area contributed by atoms with Crippen LogP contribution in [-0.4, -0.2) is 10.1 Å². The Labute approximate surface area is 116 Å². The SMILES string of the molecule is CC(C)c1nc(COc2ccc([C@@H](C)N)cc2F)no1. The molecule has 2 N–H and O–H groups in total. The number of hydrogen-bond acceptors (Lipinski definition) is 5. The second-order valence-corrected chi connectivity index (χ2v) is 4.97. The largest absolute Gasteiger partial charge is 0.482 e. The molecule has 0 spiro atoms. The van der Waals surface area contributed by atoms with E-state index in [1.54, 1.807) is 19.1 Å². The Kier molecular flexibility index (Phi) is 4.34. The number of aromatic nitrogens is 2. The van der Waals surface area contributed by atoms with Crippen molar-refractivity contribution in [1.29, 1.82) is 0 Å². The summed E-state index contributed by atoms with van der Waals surface area (Å²) >= 11 is 0. The smallest absolute Gasteiger partial charge is 0.229 e. The lowest BCUT2D eigenvalue weighted by molar-refractivity contribution is 0.272. The summed E-state index contributed by atoms with van der Waals surface area (Å²) in [6.07, 6.45) is 0. The molecule has 0 saturated heterocycles. The molecule has 1 atom stereocenters. The van der Waals surface area contributed by atoms with E-state index in [4.69, 9.17) is 15.0 Å². The fraction of sp³-hybridized carbons (Fsp3) is 0.429. The fourth-order valence-corrected chi connectivity index (χ4v) is 1.62. The lowest BCUT2D eigenvalue weighted by atomic mass is 10.1. The molecule has 108 valence electrons. The van der Waals surface area contributed by atoms with Gasteiger partial charge in [-0.3, -0.25) is 0 Å². The van der Waals surface area contributed by atoms with Crippen LogP contribution in [0.1, 0.15) is 50.0 Å². The quantitative estimate of drug-likeness (QED) is 0.910. The topological polar surface area (TPSA) is 74.2 Å². The van der Waals surface area contributed by atoms with Gasteiger partial charge in [0.15, 0.2) is 18.2 Å². The van der Waals surface area contributed by atoms with Crippen LogP contribution in [0.15, 0.2) is 22.7 Å². The first kappa shape index (κ1) is 14.5. The molecule has 1 heterocycles. The number of rotatable bonds is 5. The van der Waals surface area contributed by atoms with Gasteiger partial charge in [-0.05, 0) is 24.6 Å². The minimum Gasteiger partial charge on any atom is -0.482 e. The predicted octanol–water partition coefficient (Wildman–Crippen LogP) is 2.93. The molecule has 0 amide bonds. The molecule has 2 aromatic rings. The van der Waals surface area contributed by atoms with E-state index in [-0.39, 0.29) is 24.3 Å². The normalized spacial score (nSPS) is 12.7. The maximum atomic E-state index is 13.8. The third-order valence-electron chi connectivity index (χ3n) is 2.82. The van der Waals surface area contributed by atoms with Crippen LogP contribution in [0.5, 0.6) is 5.75 Å². The van der Waals surface area contributed by atoms with E-state index < -0.39 is 5.82 Å². The number of hydrogen-bond donors (Lipinski definition) is 1. The van der Waals surface area contributed by atoms with Gasteiger partial charge in [-0.1, -0.05) is 25.1 Å². The average Bonchev–Trinajstić information content (AvgIpc) is 2.86. The Morgan fingerprint density at radius 1 is 1.35 bits per heavy atom. The summed E-state index contributed by atoms with van der Waals surface area (Å²) in [6.45, 7) is 5.75. The summed E-state index contributed by atoms with van der Waals surface area (Å²) in [4.78, 5) is 4.16. The molecule has 5 nitrogen and oxygen atoms in total. The van der Waals surface area contributed by atoms with Crippen LogP contribution < -0.4 is 10.5 Å². The van der Waals surface area contributed by atoms with E-state index in [1.807, 2.05) is 13.8 Å². The predicted molar refractivity (Wildman–Crippen MR) is 71.7 cm³/mol. The van der Waals surface area contributed by atoms with Crippen LogP contribution in [0.25, 0.3) is 0 Å². The summed E-state index contributed by atoms with van der Waals surface area (Å²) in [5.41, 5.74) is 6.41. The van der Waals surface area contributed by atoms with Crippen LogP contribution in [0, 0.1) is 5.82 Å². The number of benzene rings is 1. The molecule has 1 aromatic carbocycles. The van der Waals surface area contributed by atoms with Crippen molar-refractivity contribution in [2.24, 2.45) is 5.73 Å². The first-order valence-corrected chi connectivity index (χ1v) is 6.47. The Balaban J connectivity index is 2.03. The van der Waals surface area contributed by atoms with Crippen molar-refractivity contribution >= 4 is 0 Å². The minimum atomic E-state index is -0.452. The fourth-order valence-electron chi connectivity index (χ4n) is 1.62. The van der Waals surface area contributed by atoms with E-state index in [1.165, 1.54) is 6.07 Å². The maximum Gasteiger partial charge on any atom is 0.229 e. The maximum absolute atomic E-state index is 13.8. The molecule has 6 heteroatoms. The zero-order valence-corrected chi connectivity index (χ0v) is 11.8. The lowest BCUT2D eigenvalue weighted by Crippen LogP contribution is -2.06. The van der Waals surface area contributed by atoms with Crippen LogP contribution in [0.4, 0.5) is 4.39 Å². The summed E-state index contributed by atoms with van der Waals surface area (Å²) in [5, 5.41) is 3.77. The standard InChI is InChI=1S/C14H18FN3O2/c1-8(2)14-17-13(18-20-14)7-19-12-5-4-10(9(3)16)6-11(12)15/h4-6,8-9H,7,16H2,1-3H3/t9-/m1/s1. The van der Waals surface area contributed by atoms with Crippen LogP contribution in [0.2, 0.25) is 0 Å². The second-order valence-electron chi connectivity index (χ2n) is 4.97. The number of nitrogens with two attached hydrogens (primary N) is 1. The molecular weight excluding hydrogens is 261 g/mol. The highest BCUT2D eigenvalue weighted by Crippen LogP contribution is 2.22. The van der Waals surface area contributed by atoms with Crippen molar-refractivity contribution in [2.45, 2.75) is 39.3 Å². The first-order chi connectivity index (χ1) is 9.47. The van der Waals surface area contributed by atoms with E-state index in [9.17, 15) is 4.39 Å². The van der Waals surface area contributed by atoms with Gasteiger partial charge in [0.05, 0.1) is 0 Å². The zero-order valence-electron chi connectivity index (χ0n) is 11.8. The van der Waals surface area contributed by atoms with Crippen molar-refractivity contribution in [1.82, 2.24) is 10.1 Å². The molecule has 0 aliphatic rings. The van der Waals surface area contributed by atoms with E-state index in [2.05, 4.69) is 10.1 Å². The van der Waals surface area contributed by atoms with Crippen molar-refractivity contribution in [3.05, 3.63) is 41.3 Å². The highest BCUT2D eigenvalue weighted by molar-refractivity contribution is 5.30. The summed E-state index contributed by atoms with van der Waals surface area (Å²) in [5.74, 6) is 0.775. The van der Waals surface area contributed by atoms with Crippen molar-refractivity contribution in [3.8, 4) is 5.75 Å². The number of nitrogens with zero attached hydrogens (tertiary/aromatic N) is 2.